The highest BCUT2D eigenvalue weighted by atomic mass is 16.1. The third-order valence-corrected chi connectivity index (χ3v) is 2.24. The lowest BCUT2D eigenvalue weighted by Crippen LogP contribution is -2.18. The van der Waals surface area contributed by atoms with Crippen molar-refractivity contribution in [1.29, 1.82) is 0 Å². The third kappa shape index (κ3) is 1.40. The molecule has 0 amide bonds. The van der Waals surface area contributed by atoms with E-state index < -0.39 is 6.04 Å². The summed E-state index contributed by atoms with van der Waals surface area (Å²) in [5, 5.41) is 0. The Morgan fingerprint density at radius 3 is 3.07 bits per heavy atom. The molecule has 0 fully saturated rings. The zero-order valence-electron chi connectivity index (χ0n) is 7.82. The van der Waals surface area contributed by atoms with Gasteiger partial charge in [0.15, 0.2) is 5.78 Å². The van der Waals surface area contributed by atoms with Crippen LogP contribution in [0.1, 0.15) is 18.5 Å². The van der Waals surface area contributed by atoms with E-state index in [1.807, 2.05) is 18.2 Å². The van der Waals surface area contributed by atoms with Gasteiger partial charge in [0.2, 0.25) is 0 Å². The minimum Gasteiger partial charge on any atom is -0.345 e. The molecule has 4 nitrogen and oxygen atoms in total. The number of aromatic amines is 1. The van der Waals surface area contributed by atoms with Crippen LogP contribution in [-0.4, -0.2) is 15.8 Å². The number of fused-ring (bicyclic) bond motifs is 1. The summed E-state index contributed by atoms with van der Waals surface area (Å²) < 4.78 is 0. The number of carbonyl (C=O) groups excluding carboxylic acids is 1. The molecule has 72 valence electrons. The van der Waals surface area contributed by atoms with Crippen LogP contribution in [0.15, 0.2) is 24.5 Å². The van der Waals surface area contributed by atoms with E-state index in [-0.39, 0.29) is 5.78 Å². The Morgan fingerprint density at radius 2 is 2.36 bits per heavy atom. The number of benzene rings is 1. The lowest BCUT2D eigenvalue weighted by Gasteiger charge is -2.07. The number of hydrogen-bond acceptors (Lipinski definition) is 3. The minimum atomic E-state index is -0.539. The lowest BCUT2D eigenvalue weighted by atomic mass is 10.0. The molecule has 1 atom stereocenters. The molecule has 0 aliphatic heterocycles. The summed E-state index contributed by atoms with van der Waals surface area (Å²) in [6, 6.07) is 5.00. The highest BCUT2D eigenvalue weighted by molar-refractivity contribution is 5.84. The Hall–Kier alpha value is -1.68. The highest BCUT2D eigenvalue weighted by Gasteiger charge is 2.11. The van der Waals surface area contributed by atoms with E-state index in [0.29, 0.717) is 0 Å². The van der Waals surface area contributed by atoms with Crippen LogP contribution < -0.4 is 5.73 Å². The molecule has 3 N–H and O–H groups in total. The van der Waals surface area contributed by atoms with Gasteiger partial charge in [-0.1, -0.05) is 6.07 Å². The second kappa shape index (κ2) is 3.23. The quantitative estimate of drug-likeness (QED) is 0.744. The molecule has 4 heteroatoms. The molecule has 0 saturated heterocycles. The number of ketones is 1. The van der Waals surface area contributed by atoms with Gasteiger partial charge in [-0.15, -0.1) is 0 Å². The predicted molar refractivity (Wildman–Crippen MR) is 53.7 cm³/mol. The summed E-state index contributed by atoms with van der Waals surface area (Å²) in [6.45, 7) is 1.49. The number of Topliss-reactive ketones (excluding diaryl/α,β-unsaturated/α-hetero) is 1. The first kappa shape index (κ1) is 8.90. The fourth-order valence-corrected chi connectivity index (χ4v) is 1.38. The Bertz CT molecular complexity index is 475. The van der Waals surface area contributed by atoms with Crippen molar-refractivity contribution in [3.8, 4) is 0 Å². The van der Waals surface area contributed by atoms with Crippen LogP contribution in [0.3, 0.4) is 0 Å². The van der Waals surface area contributed by atoms with E-state index in [4.69, 9.17) is 5.73 Å². The average Bonchev–Trinajstić information content (AvgIpc) is 2.62. The normalized spacial score (nSPS) is 13.0. The van der Waals surface area contributed by atoms with Gasteiger partial charge in [-0.2, -0.15) is 0 Å². The van der Waals surface area contributed by atoms with Gasteiger partial charge in [-0.3, -0.25) is 4.79 Å². The molecule has 0 radical (unpaired) electrons. The maximum absolute atomic E-state index is 11.1. The van der Waals surface area contributed by atoms with Crippen molar-refractivity contribution in [1.82, 2.24) is 9.97 Å². The van der Waals surface area contributed by atoms with E-state index >= 15 is 0 Å². The molecule has 2 aromatic rings. The molecule has 0 bridgehead atoms. The number of aromatic nitrogens is 2. The number of nitrogens with zero attached hydrogens (tertiary/aromatic N) is 1. The van der Waals surface area contributed by atoms with Crippen molar-refractivity contribution in [3.05, 3.63) is 30.1 Å². The van der Waals surface area contributed by atoms with Gasteiger partial charge in [0.1, 0.15) is 0 Å². The van der Waals surface area contributed by atoms with Gasteiger partial charge >= 0.3 is 0 Å². The predicted octanol–water partition coefficient (Wildman–Crippen LogP) is 1.15. The van der Waals surface area contributed by atoms with Crippen LogP contribution in [0.25, 0.3) is 11.0 Å². The summed E-state index contributed by atoms with van der Waals surface area (Å²) >= 11 is 0. The monoisotopic (exact) mass is 189 g/mol. The fourth-order valence-electron chi connectivity index (χ4n) is 1.38. The number of imidazole rings is 1. The van der Waals surface area contributed by atoms with E-state index in [1.165, 1.54) is 6.92 Å². The maximum atomic E-state index is 11.1. The van der Waals surface area contributed by atoms with Gasteiger partial charge < -0.3 is 10.7 Å². The van der Waals surface area contributed by atoms with Crippen LogP contribution in [0.5, 0.6) is 0 Å². The number of nitrogens with two attached hydrogens (primary N) is 1. The zero-order valence-corrected chi connectivity index (χ0v) is 7.82. The van der Waals surface area contributed by atoms with Gasteiger partial charge in [0.25, 0.3) is 0 Å². The Balaban J connectivity index is 2.48. The molecule has 1 unspecified atom stereocenters. The van der Waals surface area contributed by atoms with Crippen molar-refractivity contribution in [2.24, 2.45) is 5.73 Å². The van der Waals surface area contributed by atoms with Gasteiger partial charge in [-0.25, -0.2) is 4.98 Å². The molecular weight excluding hydrogens is 178 g/mol. The Labute approximate surface area is 81.1 Å². The van der Waals surface area contributed by atoms with Crippen LogP contribution in [-0.2, 0) is 4.79 Å². The van der Waals surface area contributed by atoms with Crippen molar-refractivity contribution in [2.45, 2.75) is 13.0 Å². The van der Waals surface area contributed by atoms with Crippen molar-refractivity contribution < 1.29 is 4.79 Å². The van der Waals surface area contributed by atoms with E-state index in [0.717, 1.165) is 16.6 Å². The molecule has 14 heavy (non-hydrogen) atoms. The van der Waals surface area contributed by atoms with Crippen molar-refractivity contribution >= 4 is 16.8 Å². The van der Waals surface area contributed by atoms with Crippen LogP contribution in [0, 0.1) is 0 Å². The summed E-state index contributed by atoms with van der Waals surface area (Å²) in [4.78, 5) is 18.1. The lowest BCUT2D eigenvalue weighted by molar-refractivity contribution is -0.118. The number of nitrogens with one attached hydrogen (secondary N) is 1. The molecule has 2 rings (SSSR count). The van der Waals surface area contributed by atoms with E-state index in [2.05, 4.69) is 9.97 Å². The van der Waals surface area contributed by atoms with Crippen LogP contribution >= 0.6 is 0 Å². The van der Waals surface area contributed by atoms with E-state index in [1.54, 1.807) is 6.33 Å². The second-order valence-corrected chi connectivity index (χ2v) is 3.27. The van der Waals surface area contributed by atoms with Gasteiger partial charge in [0.05, 0.1) is 23.4 Å². The standard InChI is InChI=1S/C10H11N3O/c1-6(14)10(11)7-2-3-8-9(4-7)13-5-12-8/h2-5,10H,11H2,1H3,(H,12,13). The fraction of sp³-hybridized carbons (Fsp3) is 0.200. The minimum absolute atomic E-state index is 0.0381. The van der Waals surface area contributed by atoms with Crippen molar-refractivity contribution in [3.63, 3.8) is 0 Å². The molecule has 0 spiro atoms. The smallest absolute Gasteiger partial charge is 0.150 e. The van der Waals surface area contributed by atoms with Gasteiger partial charge in [0, 0.05) is 0 Å². The Kier molecular flexibility index (Phi) is 2.05. The summed E-state index contributed by atoms with van der Waals surface area (Å²) in [7, 11) is 0. The zero-order chi connectivity index (χ0) is 10.1. The van der Waals surface area contributed by atoms with Gasteiger partial charge in [-0.05, 0) is 24.6 Å². The van der Waals surface area contributed by atoms with Crippen LogP contribution in [0.2, 0.25) is 0 Å². The van der Waals surface area contributed by atoms with Crippen LogP contribution in [0.4, 0.5) is 0 Å². The first-order valence-corrected chi connectivity index (χ1v) is 4.37. The number of H-pyrrole nitrogens is 1. The maximum Gasteiger partial charge on any atom is 0.150 e. The largest absolute Gasteiger partial charge is 0.345 e. The molecule has 1 heterocycles. The first-order valence-electron chi connectivity index (χ1n) is 4.37. The first-order chi connectivity index (χ1) is 6.68. The number of carbonyl (C=O) groups is 1. The molecule has 1 aromatic carbocycles. The molecule has 1 aromatic heterocycles. The summed E-state index contributed by atoms with van der Waals surface area (Å²) in [6.07, 6.45) is 1.62. The summed E-state index contributed by atoms with van der Waals surface area (Å²) in [5.74, 6) is -0.0381. The topological polar surface area (TPSA) is 71.8 Å². The number of hydrogen-bond donors (Lipinski definition) is 2. The van der Waals surface area contributed by atoms with E-state index in [9.17, 15) is 4.79 Å². The average molecular weight is 189 g/mol. The highest BCUT2D eigenvalue weighted by Crippen LogP contribution is 2.16. The second-order valence-electron chi connectivity index (χ2n) is 3.27. The molecule has 0 aliphatic carbocycles. The summed E-state index contributed by atoms with van der Waals surface area (Å²) in [5.41, 5.74) is 8.31. The molecule has 0 aliphatic rings. The van der Waals surface area contributed by atoms with Crippen molar-refractivity contribution in [2.75, 3.05) is 0 Å². The Morgan fingerprint density at radius 1 is 1.57 bits per heavy atom. The number of rotatable bonds is 2. The molecule has 0 saturated carbocycles. The SMILES string of the molecule is CC(=O)C(N)c1ccc2nc[nH]c2c1. The molecular formula is C10H11N3O. The third-order valence-electron chi connectivity index (χ3n) is 2.24.